The molecule has 0 unspecified atom stereocenters. The molecule has 104 valence electrons. The minimum Gasteiger partial charge on any atom is -0.394 e. The summed E-state index contributed by atoms with van der Waals surface area (Å²) in [7, 11) is -2.00. The van der Waals surface area contributed by atoms with Crippen molar-refractivity contribution in [3.63, 3.8) is 0 Å². The number of aromatic nitrogens is 2. The van der Waals surface area contributed by atoms with Crippen LogP contribution in [0.4, 0.5) is 11.5 Å². The summed E-state index contributed by atoms with van der Waals surface area (Å²) in [5.74, 6) is 0.0298. The van der Waals surface area contributed by atoms with Crippen LogP contribution in [0.1, 0.15) is 11.1 Å². The van der Waals surface area contributed by atoms with E-state index in [2.05, 4.69) is 9.82 Å². The van der Waals surface area contributed by atoms with Crippen LogP contribution >= 0.6 is 0 Å². The third kappa shape index (κ3) is 3.07. The Kier molecular flexibility index (Phi) is 3.63. The molecule has 0 fully saturated rings. The maximum Gasteiger partial charge on any atom is 0.238 e. The summed E-state index contributed by atoms with van der Waals surface area (Å²) in [4.78, 5) is 0. The van der Waals surface area contributed by atoms with Crippen LogP contribution in [-0.2, 0) is 22.8 Å². The van der Waals surface area contributed by atoms with E-state index in [4.69, 9.17) is 11.0 Å². The number of nitrogens with two attached hydrogens (primary N) is 1. The number of benzene rings is 1. The lowest BCUT2D eigenvalue weighted by Crippen LogP contribution is -2.18. The molecular weight excluding hydrogens is 278 g/mol. The van der Waals surface area contributed by atoms with E-state index in [-0.39, 0.29) is 17.3 Å². The molecule has 20 heavy (non-hydrogen) atoms. The second kappa shape index (κ2) is 5.22. The molecule has 3 N–H and O–H groups in total. The first-order valence-electron chi connectivity index (χ1n) is 5.68. The number of nitrogen functional groups attached to an aromatic ring is 1. The summed E-state index contributed by atoms with van der Waals surface area (Å²) in [6, 6.07) is 8.32. The highest BCUT2D eigenvalue weighted by Gasteiger charge is 2.16. The molecule has 2 rings (SSSR count). The largest absolute Gasteiger partial charge is 0.394 e. The Morgan fingerprint density at radius 1 is 1.40 bits per heavy atom. The van der Waals surface area contributed by atoms with Gasteiger partial charge in [-0.15, -0.1) is 0 Å². The molecule has 0 bridgehead atoms. The van der Waals surface area contributed by atoms with Crippen molar-refractivity contribution in [3.8, 4) is 6.07 Å². The highest BCUT2D eigenvalue weighted by molar-refractivity contribution is 7.91. The number of nitrogens with zero attached hydrogens (tertiary/aromatic N) is 3. The van der Waals surface area contributed by atoms with Crippen LogP contribution in [0.15, 0.2) is 30.5 Å². The average molecular weight is 291 g/mol. The molecule has 0 saturated carbocycles. The molecule has 1 heterocycles. The van der Waals surface area contributed by atoms with Crippen LogP contribution < -0.4 is 10.5 Å². The van der Waals surface area contributed by atoms with E-state index in [1.165, 1.54) is 10.9 Å². The smallest absolute Gasteiger partial charge is 0.238 e. The maximum atomic E-state index is 12.1. The van der Waals surface area contributed by atoms with Crippen LogP contribution in [0.3, 0.4) is 0 Å². The van der Waals surface area contributed by atoms with Crippen molar-refractivity contribution >= 4 is 21.5 Å². The molecule has 0 radical (unpaired) electrons. The number of hydrogen-bond acceptors (Lipinski definition) is 5. The van der Waals surface area contributed by atoms with Crippen molar-refractivity contribution in [2.45, 2.75) is 5.75 Å². The van der Waals surface area contributed by atoms with Gasteiger partial charge in [0.25, 0.3) is 0 Å². The van der Waals surface area contributed by atoms with Crippen LogP contribution in [0.5, 0.6) is 0 Å². The number of nitriles is 1. The predicted octanol–water partition coefficient (Wildman–Crippen LogP) is 0.816. The second-order valence-corrected chi connectivity index (χ2v) is 5.96. The zero-order valence-electron chi connectivity index (χ0n) is 10.7. The molecule has 0 aliphatic rings. The highest BCUT2D eigenvalue weighted by Crippen LogP contribution is 2.19. The van der Waals surface area contributed by atoms with E-state index < -0.39 is 10.0 Å². The third-order valence-corrected chi connectivity index (χ3v) is 3.88. The number of nitrogens with one attached hydrogen (secondary N) is 1. The molecule has 0 saturated heterocycles. The van der Waals surface area contributed by atoms with Crippen LogP contribution in [0.2, 0.25) is 0 Å². The van der Waals surface area contributed by atoms with Crippen LogP contribution in [0, 0.1) is 11.3 Å². The van der Waals surface area contributed by atoms with Gasteiger partial charge < -0.3 is 5.73 Å². The topological polar surface area (TPSA) is 114 Å². The maximum absolute atomic E-state index is 12.1. The van der Waals surface area contributed by atoms with E-state index >= 15 is 0 Å². The Balaban J connectivity index is 2.17. The quantitative estimate of drug-likeness (QED) is 0.865. The number of aryl methyl sites for hydroxylation is 1. The highest BCUT2D eigenvalue weighted by atomic mass is 32.2. The fraction of sp³-hybridized carbons (Fsp3) is 0.167. The van der Waals surface area contributed by atoms with Gasteiger partial charge in [-0.2, -0.15) is 10.4 Å². The zero-order valence-corrected chi connectivity index (χ0v) is 11.6. The number of sulfonamides is 1. The number of hydrogen-bond donors (Lipinski definition) is 2. The monoisotopic (exact) mass is 291 g/mol. The molecular formula is C12H13N5O2S. The summed E-state index contributed by atoms with van der Waals surface area (Å²) in [5, 5.41) is 12.5. The van der Waals surface area contributed by atoms with Crippen LogP contribution in [-0.4, -0.2) is 18.2 Å². The lowest BCUT2D eigenvalue weighted by atomic mass is 10.2. The summed E-state index contributed by atoms with van der Waals surface area (Å²) < 4.78 is 27.9. The van der Waals surface area contributed by atoms with E-state index in [1.807, 2.05) is 6.07 Å². The van der Waals surface area contributed by atoms with Crippen molar-refractivity contribution in [1.29, 1.82) is 5.26 Å². The lowest BCUT2D eigenvalue weighted by Gasteiger charge is -2.09. The van der Waals surface area contributed by atoms with E-state index in [0.717, 1.165) is 0 Å². The van der Waals surface area contributed by atoms with Gasteiger partial charge >= 0.3 is 0 Å². The normalized spacial score (nSPS) is 11.0. The second-order valence-electron chi connectivity index (χ2n) is 4.24. The molecule has 8 heteroatoms. The van der Waals surface area contributed by atoms with Crippen molar-refractivity contribution < 1.29 is 8.42 Å². The first-order valence-corrected chi connectivity index (χ1v) is 7.33. The molecule has 1 aromatic carbocycles. The van der Waals surface area contributed by atoms with Crippen molar-refractivity contribution in [1.82, 2.24) is 9.78 Å². The van der Waals surface area contributed by atoms with E-state index in [1.54, 1.807) is 31.3 Å². The fourth-order valence-electron chi connectivity index (χ4n) is 1.66. The van der Waals surface area contributed by atoms with Gasteiger partial charge in [-0.1, -0.05) is 12.1 Å². The van der Waals surface area contributed by atoms with Gasteiger partial charge in [0.2, 0.25) is 10.0 Å². The van der Waals surface area contributed by atoms with E-state index in [0.29, 0.717) is 11.1 Å². The van der Waals surface area contributed by atoms with Gasteiger partial charge in [-0.25, -0.2) is 8.42 Å². The third-order valence-electron chi connectivity index (χ3n) is 2.66. The Hall–Kier alpha value is -2.53. The Morgan fingerprint density at radius 2 is 2.05 bits per heavy atom. The van der Waals surface area contributed by atoms with Gasteiger partial charge in [-0.05, 0) is 17.7 Å². The molecule has 7 nitrogen and oxygen atoms in total. The molecule has 0 amide bonds. The Bertz CT molecular complexity index is 737. The standard InChI is InChI=1S/C12H13N5O2S/c1-17-12(11(14)7-15-17)16-20(18,19)8-10-4-2-9(6-13)3-5-10/h2-5,7,16H,8,14H2,1H3. The molecule has 0 atom stereocenters. The average Bonchev–Trinajstić information content (AvgIpc) is 2.70. The van der Waals surface area contributed by atoms with Crippen molar-refractivity contribution in [2.75, 3.05) is 10.5 Å². The van der Waals surface area contributed by atoms with E-state index in [9.17, 15) is 8.42 Å². The number of anilines is 2. The minimum absolute atomic E-state index is 0.205. The summed E-state index contributed by atoms with van der Waals surface area (Å²) >= 11 is 0. The van der Waals surface area contributed by atoms with Gasteiger partial charge in [0.15, 0.2) is 5.82 Å². The van der Waals surface area contributed by atoms with Gasteiger partial charge in [0.05, 0.1) is 29.3 Å². The predicted molar refractivity (Wildman–Crippen MR) is 75.0 cm³/mol. The molecule has 0 spiro atoms. The first-order chi connectivity index (χ1) is 9.41. The fourth-order valence-corrected chi connectivity index (χ4v) is 2.91. The lowest BCUT2D eigenvalue weighted by molar-refractivity contribution is 0.599. The number of rotatable bonds is 4. The molecule has 0 aliphatic heterocycles. The van der Waals surface area contributed by atoms with Gasteiger partial charge in [0.1, 0.15) is 0 Å². The summed E-state index contributed by atoms with van der Waals surface area (Å²) in [5.41, 5.74) is 6.96. The minimum atomic E-state index is -3.60. The van der Waals surface area contributed by atoms with Crippen LogP contribution in [0.25, 0.3) is 0 Å². The Labute approximate surface area is 116 Å². The first kappa shape index (κ1) is 13.9. The van der Waals surface area contributed by atoms with Crippen molar-refractivity contribution in [3.05, 3.63) is 41.6 Å². The summed E-state index contributed by atoms with van der Waals surface area (Å²) in [6.07, 6.45) is 1.37. The van der Waals surface area contributed by atoms with Gasteiger partial charge in [0, 0.05) is 7.05 Å². The summed E-state index contributed by atoms with van der Waals surface area (Å²) in [6.45, 7) is 0. The Morgan fingerprint density at radius 3 is 2.55 bits per heavy atom. The molecule has 2 aromatic rings. The van der Waals surface area contributed by atoms with Crippen molar-refractivity contribution in [2.24, 2.45) is 7.05 Å². The molecule has 0 aliphatic carbocycles. The molecule has 1 aromatic heterocycles. The zero-order chi connectivity index (χ0) is 14.8. The SMILES string of the molecule is Cn1ncc(N)c1NS(=O)(=O)Cc1ccc(C#N)cc1. The van der Waals surface area contributed by atoms with Gasteiger partial charge in [-0.3, -0.25) is 9.40 Å².